The number of carbonyl (C=O) groups excluding carboxylic acids is 2. The van der Waals surface area contributed by atoms with Crippen molar-refractivity contribution < 1.29 is 19.1 Å². The van der Waals surface area contributed by atoms with Gasteiger partial charge in [-0.3, -0.25) is 4.90 Å². The molecule has 5 nitrogen and oxygen atoms in total. The number of hydrogen-bond donors (Lipinski definition) is 0. The summed E-state index contributed by atoms with van der Waals surface area (Å²) in [5.74, 6) is -0.447. The fourth-order valence-corrected chi connectivity index (χ4v) is 3.46. The number of hydrogen-bond acceptors (Lipinski definition) is 4. The van der Waals surface area contributed by atoms with E-state index in [4.69, 9.17) is 9.47 Å². The molecule has 1 aliphatic heterocycles. The molecule has 2 aliphatic rings. The molecule has 1 aliphatic carbocycles. The van der Waals surface area contributed by atoms with Gasteiger partial charge in [0.1, 0.15) is 12.2 Å². The molecular formula is C22H27NO4. The molecule has 27 heavy (non-hydrogen) atoms. The summed E-state index contributed by atoms with van der Waals surface area (Å²) in [6, 6.07) is 7.58. The normalized spacial score (nSPS) is 21.5. The number of esters is 1. The predicted octanol–water partition coefficient (Wildman–Crippen LogP) is 4.47. The third kappa shape index (κ3) is 3.92. The summed E-state index contributed by atoms with van der Waals surface area (Å²) in [7, 11) is 0. The van der Waals surface area contributed by atoms with Gasteiger partial charge in [-0.05, 0) is 57.2 Å². The van der Waals surface area contributed by atoms with Crippen molar-refractivity contribution >= 4 is 12.1 Å². The number of fused-ring (bicyclic) bond motifs is 1. The van der Waals surface area contributed by atoms with Crippen LogP contribution in [0.3, 0.4) is 0 Å². The van der Waals surface area contributed by atoms with Gasteiger partial charge in [-0.15, -0.1) is 0 Å². The van der Waals surface area contributed by atoms with Gasteiger partial charge in [0.15, 0.2) is 5.54 Å². The van der Waals surface area contributed by atoms with E-state index in [1.54, 1.807) is 6.92 Å². The standard InChI is InChI=1S/C22H27NO4/c1-21(2,3)27-19(24)22(4)18-13-9-8-12-17(18)14-23(22)20(25)26-15-16-10-6-5-7-11-16/h5-6,8-10,12-13H,7,11,14-15H2,1-4H3. The van der Waals surface area contributed by atoms with Gasteiger partial charge >= 0.3 is 12.1 Å². The third-order valence-corrected chi connectivity index (χ3v) is 4.91. The zero-order chi connectivity index (χ0) is 19.7. The lowest BCUT2D eigenvalue weighted by molar-refractivity contribution is -0.168. The number of nitrogens with zero attached hydrogens (tertiary/aromatic N) is 1. The minimum Gasteiger partial charge on any atom is -0.458 e. The number of amides is 1. The molecule has 5 heteroatoms. The van der Waals surface area contributed by atoms with Crippen molar-refractivity contribution in [3.8, 4) is 0 Å². The van der Waals surface area contributed by atoms with Crippen LogP contribution in [0.4, 0.5) is 4.79 Å². The molecule has 1 amide bonds. The van der Waals surface area contributed by atoms with E-state index in [2.05, 4.69) is 6.08 Å². The molecule has 3 rings (SSSR count). The van der Waals surface area contributed by atoms with E-state index in [-0.39, 0.29) is 6.61 Å². The topological polar surface area (TPSA) is 55.8 Å². The van der Waals surface area contributed by atoms with Crippen molar-refractivity contribution in [3.63, 3.8) is 0 Å². The molecular weight excluding hydrogens is 342 g/mol. The van der Waals surface area contributed by atoms with Crippen LogP contribution in [0.25, 0.3) is 0 Å². The Morgan fingerprint density at radius 3 is 2.63 bits per heavy atom. The maximum atomic E-state index is 13.1. The van der Waals surface area contributed by atoms with Crippen molar-refractivity contribution in [2.75, 3.05) is 6.61 Å². The van der Waals surface area contributed by atoms with E-state index in [1.807, 2.05) is 57.2 Å². The van der Waals surface area contributed by atoms with Gasteiger partial charge in [-0.1, -0.05) is 42.5 Å². The SMILES string of the molecule is CC(C)(C)OC(=O)C1(C)c2ccccc2CN1C(=O)OCC1=CC=CCC1. The predicted molar refractivity (Wildman–Crippen MR) is 103 cm³/mol. The Kier molecular flexibility index (Phi) is 5.13. The summed E-state index contributed by atoms with van der Waals surface area (Å²) in [6.07, 6.45) is 7.37. The molecule has 0 fully saturated rings. The van der Waals surface area contributed by atoms with E-state index in [0.29, 0.717) is 6.54 Å². The second kappa shape index (κ2) is 7.22. The minimum absolute atomic E-state index is 0.237. The van der Waals surface area contributed by atoms with Crippen LogP contribution in [0.5, 0.6) is 0 Å². The van der Waals surface area contributed by atoms with Gasteiger partial charge in [-0.25, -0.2) is 9.59 Å². The Labute approximate surface area is 160 Å². The Balaban J connectivity index is 1.84. The Hall–Kier alpha value is -2.56. The number of benzene rings is 1. The van der Waals surface area contributed by atoms with Gasteiger partial charge in [0.2, 0.25) is 0 Å². The van der Waals surface area contributed by atoms with Crippen molar-refractivity contribution in [1.82, 2.24) is 4.90 Å². The van der Waals surface area contributed by atoms with E-state index >= 15 is 0 Å². The van der Waals surface area contributed by atoms with Crippen LogP contribution in [-0.4, -0.2) is 29.2 Å². The van der Waals surface area contributed by atoms with Crippen molar-refractivity contribution in [2.24, 2.45) is 0 Å². The summed E-state index contributed by atoms with van der Waals surface area (Å²) in [6.45, 7) is 7.75. The highest BCUT2D eigenvalue weighted by Crippen LogP contribution is 2.41. The number of carbonyl (C=O) groups is 2. The van der Waals surface area contributed by atoms with E-state index < -0.39 is 23.2 Å². The molecule has 0 radical (unpaired) electrons. The van der Waals surface area contributed by atoms with Crippen molar-refractivity contribution in [1.29, 1.82) is 0 Å². The van der Waals surface area contributed by atoms with Gasteiger partial charge in [0.25, 0.3) is 0 Å². The quantitative estimate of drug-likeness (QED) is 0.738. The fourth-order valence-electron chi connectivity index (χ4n) is 3.46. The molecule has 0 saturated carbocycles. The molecule has 0 bridgehead atoms. The molecule has 0 saturated heterocycles. The van der Waals surface area contributed by atoms with Crippen LogP contribution in [0.1, 0.15) is 51.7 Å². The molecule has 1 aromatic rings. The second-order valence-electron chi connectivity index (χ2n) is 8.16. The highest BCUT2D eigenvalue weighted by molar-refractivity contribution is 5.89. The first kappa shape index (κ1) is 19.2. The molecule has 0 N–H and O–H groups in total. The van der Waals surface area contributed by atoms with Gasteiger partial charge in [-0.2, -0.15) is 0 Å². The highest BCUT2D eigenvalue weighted by atomic mass is 16.6. The van der Waals surface area contributed by atoms with Crippen molar-refractivity contribution in [3.05, 3.63) is 59.2 Å². The van der Waals surface area contributed by atoms with Crippen LogP contribution >= 0.6 is 0 Å². The first-order valence-corrected chi connectivity index (χ1v) is 9.32. The lowest BCUT2D eigenvalue weighted by Gasteiger charge is -2.35. The average molecular weight is 369 g/mol. The molecule has 1 heterocycles. The van der Waals surface area contributed by atoms with Crippen LogP contribution in [-0.2, 0) is 26.4 Å². The monoisotopic (exact) mass is 369 g/mol. The number of ether oxygens (including phenoxy) is 2. The maximum absolute atomic E-state index is 13.1. The smallest absolute Gasteiger partial charge is 0.411 e. The number of rotatable bonds is 3. The van der Waals surface area contributed by atoms with Crippen LogP contribution in [0.15, 0.2) is 48.1 Å². The van der Waals surface area contributed by atoms with E-state index in [9.17, 15) is 9.59 Å². The fraction of sp³-hybridized carbons (Fsp3) is 0.455. The lowest BCUT2D eigenvalue weighted by Crippen LogP contribution is -2.51. The maximum Gasteiger partial charge on any atom is 0.411 e. The van der Waals surface area contributed by atoms with E-state index in [1.165, 1.54) is 4.90 Å². The molecule has 144 valence electrons. The summed E-state index contributed by atoms with van der Waals surface area (Å²) < 4.78 is 11.2. The van der Waals surface area contributed by atoms with Gasteiger partial charge < -0.3 is 9.47 Å². The second-order valence-corrected chi connectivity index (χ2v) is 8.16. The van der Waals surface area contributed by atoms with Gasteiger partial charge in [0, 0.05) is 0 Å². The lowest BCUT2D eigenvalue weighted by atomic mass is 9.91. The van der Waals surface area contributed by atoms with Crippen LogP contribution in [0, 0.1) is 0 Å². The molecule has 1 unspecified atom stereocenters. The largest absolute Gasteiger partial charge is 0.458 e. The number of allylic oxidation sites excluding steroid dienone is 3. The van der Waals surface area contributed by atoms with Crippen LogP contribution in [0.2, 0.25) is 0 Å². The zero-order valence-corrected chi connectivity index (χ0v) is 16.5. The zero-order valence-electron chi connectivity index (χ0n) is 16.5. The van der Waals surface area contributed by atoms with Crippen molar-refractivity contribution in [2.45, 2.75) is 58.2 Å². The summed E-state index contributed by atoms with van der Waals surface area (Å²) >= 11 is 0. The first-order chi connectivity index (χ1) is 12.7. The van der Waals surface area contributed by atoms with Crippen LogP contribution < -0.4 is 0 Å². The molecule has 0 aromatic heterocycles. The summed E-state index contributed by atoms with van der Waals surface area (Å²) in [5.41, 5.74) is 0.939. The third-order valence-electron chi connectivity index (χ3n) is 4.91. The molecule has 1 atom stereocenters. The average Bonchev–Trinajstić information content (AvgIpc) is 2.94. The Morgan fingerprint density at radius 1 is 1.22 bits per heavy atom. The summed E-state index contributed by atoms with van der Waals surface area (Å²) in [5, 5.41) is 0. The molecule has 1 aromatic carbocycles. The minimum atomic E-state index is -1.21. The highest BCUT2D eigenvalue weighted by Gasteiger charge is 2.52. The first-order valence-electron chi connectivity index (χ1n) is 9.32. The Morgan fingerprint density at radius 2 is 1.96 bits per heavy atom. The van der Waals surface area contributed by atoms with Gasteiger partial charge in [0.05, 0.1) is 6.54 Å². The molecule has 0 spiro atoms. The Bertz CT molecular complexity index is 803. The van der Waals surface area contributed by atoms with E-state index in [0.717, 1.165) is 29.5 Å². The summed E-state index contributed by atoms with van der Waals surface area (Å²) in [4.78, 5) is 27.4.